The number of carboxylic acids is 1. The Morgan fingerprint density at radius 1 is 1.38 bits per heavy atom. The summed E-state index contributed by atoms with van der Waals surface area (Å²) >= 11 is 0. The summed E-state index contributed by atoms with van der Waals surface area (Å²) in [7, 11) is 3.07. The van der Waals surface area contributed by atoms with Gasteiger partial charge in [0.15, 0.2) is 0 Å². The zero-order chi connectivity index (χ0) is 12.0. The molecule has 4 amide bonds. The first-order valence-corrected chi connectivity index (χ1v) is 4.70. The van der Waals surface area contributed by atoms with Crippen molar-refractivity contribution in [1.82, 2.24) is 20.0 Å². The summed E-state index contributed by atoms with van der Waals surface area (Å²) < 4.78 is 0. The average Bonchev–Trinajstić information content (AvgIpc) is 2.61. The molecule has 0 saturated carbocycles. The number of fused-ring (bicyclic) bond motifs is 1. The smallest absolute Gasteiger partial charge is 0.323 e. The number of carboxylic acid groups (broad SMARTS) is 1. The van der Waals surface area contributed by atoms with Crippen molar-refractivity contribution in [1.29, 1.82) is 0 Å². The van der Waals surface area contributed by atoms with E-state index in [1.54, 1.807) is 7.05 Å². The summed E-state index contributed by atoms with van der Waals surface area (Å²) in [6.45, 7) is -0.529. The lowest BCUT2D eigenvalue weighted by atomic mass is 10.3. The predicted molar refractivity (Wildman–Crippen MR) is 48.7 cm³/mol. The minimum absolute atomic E-state index is 0.265. The average molecular weight is 227 g/mol. The second-order valence-corrected chi connectivity index (χ2v) is 3.81. The fraction of sp³-hybridized carbons (Fsp3) is 0.625. The number of amides is 4. The van der Waals surface area contributed by atoms with E-state index in [2.05, 4.69) is 5.32 Å². The molecule has 8 nitrogen and oxygen atoms in total. The Bertz CT molecular complexity index is 371. The SMILES string of the molecule is CN1C(=O)N(C)[C@@H]2[C@@H]1NC(=O)N2CC(=O)[O-]. The molecular weight excluding hydrogens is 216 g/mol. The summed E-state index contributed by atoms with van der Waals surface area (Å²) in [6, 6.07) is -0.774. The highest BCUT2D eigenvalue weighted by Gasteiger charge is 2.52. The van der Waals surface area contributed by atoms with Crippen molar-refractivity contribution in [3.63, 3.8) is 0 Å². The van der Waals surface area contributed by atoms with Crippen LogP contribution in [0.25, 0.3) is 0 Å². The van der Waals surface area contributed by atoms with Gasteiger partial charge in [0.2, 0.25) is 0 Å². The Morgan fingerprint density at radius 2 is 2.00 bits per heavy atom. The van der Waals surface area contributed by atoms with Crippen LogP contribution in [0.3, 0.4) is 0 Å². The van der Waals surface area contributed by atoms with Crippen LogP contribution in [-0.4, -0.2) is 65.7 Å². The van der Waals surface area contributed by atoms with Gasteiger partial charge in [-0.05, 0) is 0 Å². The molecule has 0 aliphatic carbocycles. The number of aliphatic carboxylic acids is 1. The molecule has 2 rings (SSSR count). The molecule has 1 N–H and O–H groups in total. The largest absolute Gasteiger partial charge is 0.548 e. The van der Waals surface area contributed by atoms with Crippen LogP contribution in [0.15, 0.2) is 0 Å². The number of urea groups is 2. The molecule has 0 aromatic heterocycles. The Labute approximate surface area is 91.4 Å². The van der Waals surface area contributed by atoms with Gasteiger partial charge in [-0.15, -0.1) is 0 Å². The molecule has 2 aliphatic rings. The maximum absolute atomic E-state index is 11.6. The van der Waals surface area contributed by atoms with Crippen LogP contribution in [0, 0.1) is 0 Å². The number of nitrogens with zero attached hydrogens (tertiary/aromatic N) is 3. The van der Waals surface area contributed by atoms with E-state index in [0.717, 1.165) is 4.90 Å². The van der Waals surface area contributed by atoms with E-state index < -0.39 is 30.9 Å². The van der Waals surface area contributed by atoms with Gasteiger partial charge in [0.05, 0.1) is 12.5 Å². The molecule has 0 unspecified atom stereocenters. The van der Waals surface area contributed by atoms with Crippen molar-refractivity contribution in [2.75, 3.05) is 20.6 Å². The molecule has 0 radical (unpaired) electrons. The summed E-state index contributed by atoms with van der Waals surface area (Å²) in [4.78, 5) is 37.3. The predicted octanol–water partition coefficient (Wildman–Crippen LogP) is -2.59. The molecule has 88 valence electrons. The molecule has 0 bridgehead atoms. The first kappa shape index (κ1) is 10.5. The van der Waals surface area contributed by atoms with E-state index in [4.69, 9.17) is 0 Å². The monoisotopic (exact) mass is 227 g/mol. The quantitative estimate of drug-likeness (QED) is 0.560. The van der Waals surface area contributed by atoms with Crippen LogP contribution in [0.2, 0.25) is 0 Å². The minimum Gasteiger partial charge on any atom is -0.548 e. The van der Waals surface area contributed by atoms with Crippen molar-refractivity contribution in [2.45, 2.75) is 12.3 Å². The fourth-order valence-electron chi connectivity index (χ4n) is 2.08. The van der Waals surface area contributed by atoms with E-state index in [1.807, 2.05) is 0 Å². The topological polar surface area (TPSA) is 96.0 Å². The van der Waals surface area contributed by atoms with Gasteiger partial charge in [0.1, 0.15) is 12.3 Å². The van der Waals surface area contributed by atoms with Crippen LogP contribution in [0.1, 0.15) is 0 Å². The second-order valence-electron chi connectivity index (χ2n) is 3.81. The molecule has 16 heavy (non-hydrogen) atoms. The molecule has 8 heteroatoms. The van der Waals surface area contributed by atoms with Gasteiger partial charge in [0.25, 0.3) is 0 Å². The van der Waals surface area contributed by atoms with Crippen LogP contribution in [0.5, 0.6) is 0 Å². The van der Waals surface area contributed by atoms with Crippen LogP contribution >= 0.6 is 0 Å². The van der Waals surface area contributed by atoms with Crippen LogP contribution < -0.4 is 10.4 Å². The highest BCUT2D eigenvalue weighted by Crippen LogP contribution is 2.25. The van der Waals surface area contributed by atoms with Crippen molar-refractivity contribution in [3.8, 4) is 0 Å². The van der Waals surface area contributed by atoms with Gasteiger partial charge >= 0.3 is 12.1 Å². The standard InChI is InChI=1S/C8H12N4O4/c1-10-5-6(11(2)8(10)16)12(3-4(13)14)7(15)9-5/h5-6H,3H2,1-2H3,(H,9,15)(H,13,14)/p-1/t5-,6+/m1/s1. The lowest BCUT2D eigenvalue weighted by Crippen LogP contribution is -2.49. The maximum atomic E-state index is 11.6. The lowest BCUT2D eigenvalue weighted by Gasteiger charge is -2.26. The van der Waals surface area contributed by atoms with Crippen molar-refractivity contribution < 1.29 is 19.5 Å². The molecule has 2 saturated heterocycles. The zero-order valence-corrected chi connectivity index (χ0v) is 8.84. The van der Waals surface area contributed by atoms with Crippen molar-refractivity contribution in [2.24, 2.45) is 0 Å². The molecule has 2 heterocycles. The van der Waals surface area contributed by atoms with E-state index in [1.165, 1.54) is 16.8 Å². The number of carbonyl (C=O) groups is 3. The summed E-state index contributed by atoms with van der Waals surface area (Å²) in [6.07, 6.45) is -1.10. The highest BCUT2D eigenvalue weighted by atomic mass is 16.4. The van der Waals surface area contributed by atoms with Crippen molar-refractivity contribution >= 4 is 18.0 Å². The third-order valence-corrected chi connectivity index (χ3v) is 2.85. The number of likely N-dealkylation sites (N-methyl/N-ethyl adjacent to an activating group) is 2. The van der Waals surface area contributed by atoms with Crippen molar-refractivity contribution in [3.05, 3.63) is 0 Å². The Balaban J connectivity index is 2.25. The third kappa shape index (κ3) is 1.26. The molecule has 0 aromatic carbocycles. The van der Waals surface area contributed by atoms with Gasteiger partial charge in [-0.1, -0.05) is 0 Å². The number of rotatable bonds is 2. The first-order valence-electron chi connectivity index (χ1n) is 4.70. The van der Waals surface area contributed by atoms with E-state index in [0.29, 0.717) is 0 Å². The molecular formula is C8H11N4O4-. The number of carbonyl (C=O) groups excluding carboxylic acids is 3. The van der Waals surface area contributed by atoms with Gasteiger partial charge in [-0.3, -0.25) is 4.90 Å². The van der Waals surface area contributed by atoms with Crippen LogP contribution in [0.4, 0.5) is 9.59 Å². The number of hydrogen-bond acceptors (Lipinski definition) is 4. The van der Waals surface area contributed by atoms with Gasteiger partial charge in [-0.2, -0.15) is 0 Å². The van der Waals surface area contributed by atoms with Gasteiger partial charge < -0.3 is 25.0 Å². The normalized spacial score (nSPS) is 28.5. The lowest BCUT2D eigenvalue weighted by molar-refractivity contribution is -0.306. The fourth-order valence-corrected chi connectivity index (χ4v) is 2.08. The third-order valence-electron chi connectivity index (χ3n) is 2.85. The Hall–Kier alpha value is -1.99. The zero-order valence-electron chi connectivity index (χ0n) is 8.84. The summed E-state index contributed by atoms with van der Waals surface area (Å²) in [5.74, 6) is -1.36. The van der Waals surface area contributed by atoms with E-state index in [-0.39, 0.29) is 6.03 Å². The second kappa shape index (κ2) is 3.26. The van der Waals surface area contributed by atoms with E-state index in [9.17, 15) is 19.5 Å². The summed E-state index contributed by atoms with van der Waals surface area (Å²) in [5, 5.41) is 13.1. The molecule has 0 aromatic rings. The van der Waals surface area contributed by atoms with Crippen LogP contribution in [-0.2, 0) is 4.79 Å². The molecule has 2 fully saturated rings. The minimum atomic E-state index is -1.36. The Kier molecular flexibility index (Phi) is 2.14. The first-order chi connectivity index (χ1) is 7.43. The van der Waals surface area contributed by atoms with Gasteiger partial charge in [0, 0.05) is 14.1 Å². The molecule has 2 atom stereocenters. The highest BCUT2D eigenvalue weighted by molar-refractivity contribution is 5.86. The summed E-state index contributed by atoms with van der Waals surface area (Å²) in [5.41, 5.74) is 0. The number of nitrogens with one attached hydrogen (secondary N) is 1. The van der Waals surface area contributed by atoms with E-state index >= 15 is 0 Å². The Morgan fingerprint density at radius 3 is 2.56 bits per heavy atom. The number of hydrogen-bond donors (Lipinski definition) is 1. The molecule has 0 spiro atoms. The van der Waals surface area contributed by atoms with Gasteiger partial charge in [-0.25, -0.2) is 9.59 Å². The molecule has 2 aliphatic heterocycles. The maximum Gasteiger partial charge on any atom is 0.323 e.